The molecule has 1 aromatic carbocycles. The first-order valence-electron chi connectivity index (χ1n) is 6.28. The van der Waals surface area contributed by atoms with Crippen LogP contribution in [0.2, 0.25) is 0 Å². The van der Waals surface area contributed by atoms with Crippen LogP contribution in [0.3, 0.4) is 0 Å². The molecular formula is C13H20N2O3S. The average Bonchev–Trinajstić information content (AvgIpc) is 2.40. The number of hydrogen-bond acceptors (Lipinski definition) is 3. The molecule has 1 aliphatic heterocycles. The van der Waals surface area contributed by atoms with Gasteiger partial charge in [-0.05, 0) is 12.5 Å². The molecule has 0 unspecified atom stereocenters. The predicted octanol–water partition coefficient (Wildman–Crippen LogP) is 1.25. The second kappa shape index (κ2) is 5.58. The lowest BCUT2D eigenvalue weighted by Crippen LogP contribution is -2.51. The van der Waals surface area contributed by atoms with Gasteiger partial charge in [-0.1, -0.05) is 30.3 Å². The maximum absolute atomic E-state index is 12.3. The highest BCUT2D eigenvalue weighted by atomic mass is 32.2. The van der Waals surface area contributed by atoms with E-state index in [1.165, 1.54) is 8.61 Å². The number of benzene rings is 1. The number of hydrogen-bond donors (Lipinski definition) is 0. The van der Waals surface area contributed by atoms with E-state index in [0.29, 0.717) is 13.2 Å². The first-order valence-corrected chi connectivity index (χ1v) is 7.68. The van der Waals surface area contributed by atoms with Gasteiger partial charge in [0.05, 0.1) is 12.7 Å². The molecule has 0 amide bonds. The fraction of sp³-hybridized carbons (Fsp3) is 0.538. The molecule has 2 atom stereocenters. The molecular weight excluding hydrogens is 264 g/mol. The molecule has 0 bridgehead atoms. The van der Waals surface area contributed by atoms with E-state index < -0.39 is 10.2 Å². The number of ether oxygens (including phenoxy) is 1. The smallest absolute Gasteiger partial charge is 0.281 e. The zero-order valence-electron chi connectivity index (χ0n) is 11.5. The summed E-state index contributed by atoms with van der Waals surface area (Å²) in [6, 6.07) is 9.57. The minimum atomic E-state index is -3.40. The molecule has 2 rings (SSSR count). The van der Waals surface area contributed by atoms with E-state index >= 15 is 0 Å². The molecule has 0 spiro atoms. The van der Waals surface area contributed by atoms with Crippen LogP contribution in [0, 0.1) is 0 Å². The van der Waals surface area contributed by atoms with E-state index in [0.717, 1.165) is 5.56 Å². The highest BCUT2D eigenvalue weighted by Gasteiger charge is 2.36. The summed E-state index contributed by atoms with van der Waals surface area (Å²) in [7, 11) is -0.302. The molecule has 6 heteroatoms. The molecule has 0 aromatic heterocycles. The molecule has 1 aliphatic rings. The van der Waals surface area contributed by atoms with Gasteiger partial charge >= 0.3 is 0 Å². The van der Waals surface area contributed by atoms with Crippen LogP contribution in [0.1, 0.15) is 18.6 Å². The van der Waals surface area contributed by atoms with Gasteiger partial charge < -0.3 is 4.74 Å². The lowest BCUT2D eigenvalue weighted by atomic mass is 10.1. The van der Waals surface area contributed by atoms with Crippen molar-refractivity contribution in [2.75, 3.05) is 27.2 Å². The van der Waals surface area contributed by atoms with Crippen LogP contribution in [0.4, 0.5) is 0 Å². The quantitative estimate of drug-likeness (QED) is 0.839. The van der Waals surface area contributed by atoms with E-state index in [1.807, 2.05) is 37.3 Å². The van der Waals surface area contributed by atoms with Crippen LogP contribution >= 0.6 is 0 Å². The Labute approximate surface area is 115 Å². The van der Waals surface area contributed by atoms with Gasteiger partial charge in [0.2, 0.25) is 0 Å². The monoisotopic (exact) mass is 284 g/mol. The van der Waals surface area contributed by atoms with Crippen LogP contribution in [0.15, 0.2) is 30.3 Å². The van der Waals surface area contributed by atoms with Crippen LogP contribution in [0.25, 0.3) is 0 Å². The largest absolute Gasteiger partial charge is 0.370 e. The number of nitrogens with zero attached hydrogens (tertiary/aromatic N) is 2. The van der Waals surface area contributed by atoms with E-state index in [1.54, 1.807) is 14.1 Å². The summed E-state index contributed by atoms with van der Waals surface area (Å²) in [6.45, 7) is 2.63. The van der Waals surface area contributed by atoms with Crippen molar-refractivity contribution >= 4 is 10.2 Å². The van der Waals surface area contributed by atoms with Gasteiger partial charge in [0.25, 0.3) is 10.2 Å². The average molecular weight is 284 g/mol. The molecule has 0 aliphatic carbocycles. The summed E-state index contributed by atoms with van der Waals surface area (Å²) in [5.74, 6) is 0. The topological polar surface area (TPSA) is 49.9 Å². The zero-order chi connectivity index (χ0) is 14.0. The maximum atomic E-state index is 12.3. The summed E-state index contributed by atoms with van der Waals surface area (Å²) >= 11 is 0. The van der Waals surface area contributed by atoms with Crippen LogP contribution in [0.5, 0.6) is 0 Å². The highest BCUT2D eigenvalue weighted by molar-refractivity contribution is 7.86. The Balaban J connectivity index is 2.22. The molecule has 0 saturated carbocycles. The van der Waals surface area contributed by atoms with Crippen LogP contribution < -0.4 is 0 Å². The van der Waals surface area contributed by atoms with Crippen LogP contribution in [-0.4, -0.2) is 50.3 Å². The van der Waals surface area contributed by atoms with Gasteiger partial charge in [0.1, 0.15) is 0 Å². The van der Waals surface area contributed by atoms with E-state index in [-0.39, 0.29) is 12.1 Å². The third-order valence-corrected chi connectivity index (χ3v) is 5.33. The summed E-state index contributed by atoms with van der Waals surface area (Å²) in [5, 5.41) is 0. The lowest BCUT2D eigenvalue weighted by molar-refractivity contribution is -0.0302. The Hall–Kier alpha value is -0.950. The summed E-state index contributed by atoms with van der Waals surface area (Å²) in [4.78, 5) is 0. The van der Waals surface area contributed by atoms with Gasteiger partial charge in [-0.3, -0.25) is 0 Å². The molecule has 0 N–H and O–H groups in total. The lowest BCUT2D eigenvalue weighted by Gasteiger charge is -2.38. The SMILES string of the molecule is C[C@H]1CO[C@H](c2ccccc2)CN1S(=O)(=O)N(C)C. The van der Waals surface area contributed by atoms with Crippen molar-refractivity contribution in [2.24, 2.45) is 0 Å². The zero-order valence-corrected chi connectivity index (χ0v) is 12.3. The van der Waals surface area contributed by atoms with E-state index in [2.05, 4.69) is 0 Å². The summed E-state index contributed by atoms with van der Waals surface area (Å²) in [5.41, 5.74) is 1.01. The molecule has 1 saturated heterocycles. The fourth-order valence-electron chi connectivity index (χ4n) is 2.14. The summed E-state index contributed by atoms with van der Waals surface area (Å²) < 4.78 is 33.0. The Morgan fingerprint density at radius 2 is 1.89 bits per heavy atom. The molecule has 1 fully saturated rings. The van der Waals surface area contributed by atoms with Crippen molar-refractivity contribution in [2.45, 2.75) is 19.1 Å². The Morgan fingerprint density at radius 3 is 2.47 bits per heavy atom. The van der Waals surface area contributed by atoms with Gasteiger partial charge in [-0.15, -0.1) is 0 Å². The molecule has 0 radical (unpaired) electrons. The molecule has 19 heavy (non-hydrogen) atoms. The van der Waals surface area contributed by atoms with Gasteiger partial charge in [-0.25, -0.2) is 0 Å². The van der Waals surface area contributed by atoms with Crippen molar-refractivity contribution in [3.63, 3.8) is 0 Å². The van der Waals surface area contributed by atoms with Gasteiger partial charge in [-0.2, -0.15) is 17.0 Å². The summed E-state index contributed by atoms with van der Waals surface area (Å²) in [6.07, 6.45) is -0.202. The third-order valence-electron chi connectivity index (χ3n) is 3.31. The van der Waals surface area contributed by atoms with Crippen molar-refractivity contribution in [1.29, 1.82) is 0 Å². The maximum Gasteiger partial charge on any atom is 0.281 e. The highest BCUT2D eigenvalue weighted by Crippen LogP contribution is 2.27. The minimum absolute atomic E-state index is 0.146. The first kappa shape index (κ1) is 14.5. The molecule has 1 heterocycles. The fourth-order valence-corrected chi connectivity index (χ4v) is 3.39. The normalized spacial score (nSPS) is 25.7. The van der Waals surface area contributed by atoms with Crippen molar-refractivity contribution in [3.05, 3.63) is 35.9 Å². The second-order valence-corrected chi connectivity index (χ2v) is 7.04. The number of rotatable bonds is 3. The standard InChI is InChI=1S/C13H20N2O3S/c1-11-10-18-13(12-7-5-4-6-8-12)9-15(11)19(16,17)14(2)3/h4-8,11,13H,9-10H2,1-3H3/t11-,13-/m0/s1. The minimum Gasteiger partial charge on any atom is -0.370 e. The van der Waals surface area contributed by atoms with Crippen molar-refractivity contribution in [3.8, 4) is 0 Å². The number of morpholine rings is 1. The van der Waals surface area contributed by atoms with Crippen molar-refractivity contribution in [1.82, 2.24) is 8.61 Å². The van der Waals surface area contributed by atoms with Gasteiger partial charge in [0.15, 0.2) is 0 Å². The predicted molar refractivity (Wildman–Crippen MR) is 73.9 cm³/mol. The Kier molecular flexibility index (Phi) is 4.25. The molecule has 106 valence electrons. The third kappa shape index (κ3) is 2.97. The van der Waals surface area contributed by atoms with Crippen molar-refractivity contribution < 1.29 is 13.2 Å². The Bertz CT molecular complexity index is 516. The molecule has 5 nitrogen and oxygen atoms in total. The van der Waals surface area contributed by atoms with Gasteiger partial charge in [0, 0.05) is 26.7 Å². The van der Waals surface area contributed by atoms with E-state index in [4.69, 9.17) is 4.74 Å². The molecule has 1 aromatic rings. The first-order chi connectivity index (χ1) is 8.93. The van der Waals surface area contributed by atoms with Crippen LogP contribution in [-0.2, 0) is 14.9 Å². The second-order valence-electron chi connectivity index (χ2n) is 4.94. The Morgan fingerprint density at radius 1 is 1.26 bits per heavy atom. The van der Waals surface area contributed by atoms with E-state index in [9.17, 15) is 8.42 Å².